The standard InChI is InChI=1S/C18H20N4O2S/c19-10-13-9-17-20-11-18(21-5-7-25(24)8-6-21)22(17)12-15(13)14-3-1-2-4-16(14)23/h1-4,9,11-12,23H,5-8,10,19H2. The number of anilines is 1. The van der Waals surface area contributed by atoms with Crippen LogP contribution in [0.1, 0.15) is 5.56 Å². The minimum atomic E-state index is -0.719. The van der Waals surface area contributed by atoms with Crippen LogP contribution in [-0.2, 0) is 17.3 Å². The molecule has 1 aliphatic rings. The third-order valence-electron chi connectivity index (χ3n) is 4.63. The number of hydrogen-bond donors (Lipinski definition) is 2. The Balaban J connectivity index is 1.85. The predicted molar refractivity (Wildman–Crippen MR) is 100 cm³/mol. The second-order valence-corrected chi connectivity index (χ2v) is 7.81. The molecule has 0 saturated carbocycles. The van der Waals surface area contributed by atoms with E-state index < -0.39 is 10.8 Å². The van der Waals surface area contributed by atoms with Crippen molar-refractivity contribution in [2.45, 2.75) is 6.54 Å². The number of para-hydroxylation sites is 1. The Morgan fingerprint density at radius 2 is 1.96 bits per heavy atom. The molecule has 0 aliphatic carbocycles. The van der Waals surface area contributed by atoms with Crippen molar-refractivity contribution < 1.29 is 9.32 Å². The van der Waals surface area contributed by atoms with Crippen LogP contribution in [0.4, 0.5) is 5.82 Å². The van der Waals surface area contributed by atoms with E-state index >= 15 is 0 Å². The average Bonchev–Trinajstić information content (AvgIpc) is 3.04. The van der Waals surface area contributed by atoms with Crippen molar-refractivity contribution in [3.05, 3.63) is 48.3 Å². The normalized spacial score (nSPS) is 15.8. The largest absolute Gasteiger partial charge is 0.507 e. The number of aromatic hydroxyl groups is 1. The molecular weight excluding hydrogens is 336 g/mol. The Morgan fingerprint density at radius 1 is 1.20 bits per heavy atom. The number of phenols is 1. The smallest absolute Gasteiger partial charge is 0.138 e. The minimum absolute atomic E-state index is 0.228. The van der Waals surface area contributed by atoms with E-state index in [2.05, 4.69) is 9.88 Å². The quantitative estimate of drug-likeness (QED) is 0.747. The Labute approximate surface area is 148 Å². The van der Waals surface area contributed by atoms with Crippen LogP contribution in [0.25, 0.3) is 16.8 Å². The summed E-state index contributed by atoms with van der Waals surface area (Å²) in [6.07, 6.45) is 3.83. The topological polar surface area (TPSA) is 83.9 Å². The third-order valence-corrected chi connectivity index (χ3v) is 5.91. The van der Waals surface area contributed by atoms with Gasteiger partial charge in [0.05, 0.1) is 6.20 Å². The molecule has 2 aromatic heterocycles. The first-order chi connectivity index (χ1) is 12.2. The summed E-state index contributed by atoms with van der Waals surface area (Å²) in [5.41, 5.74) is 9.34. The third kappa shape index (κ3) is 2.89. The van der Waals surface area contributed by atoms with Gasteiger partial charge in [-0.2, -0.15) is 0 Å². The van der Waals surface area contributed by atoms with Gasteiger partial charge in [-0.15, -0.1) is 0 Å². The van der Waals surface area contributed by atoms with Crippen LogP contribution in [0.3, 0.4) is 0 Å². The van der Waals surface area contributed by atoms with E-state index in [0.717, 1.165) is 41.2 Å². The van der Waals surface area contributed by atoms with Gasteiger partial charge in [0.15, 0.2) is 0 Å². The maximum absolute atomic E-state index is 11.6. The fraction of sp³-hybridized carbons (Fsp3) is 0.278. The molecule has 1 fully saturated rings. The highest BCUT2D eigenvalue weighted by molar-refractivity contribution is 7.85. The lowest BCUT2D eigenvalue weighted by Gasteiger charge is -2.27. The SMILES string of the molecule is NCc1cc2ncc(N3CCS(=O)CC3)n2cc1-c1ccccc1O. The number of imidazole rings is 1. The molecule has 130 valence electrons. The Hall–Kier alpha value is -2.38. The second kappa shape index (κ2) is 6.50. The number of hydrogen-bond acceptors (Lipinski definition) is 5. The number of phenolic OH excluding ortho intramolecular Hbond substituents is 1. The number of aromatic nitrogens is 2. The summed E-state index contributed by atoms with van der Waals surface area (Å²) in [5, 5.41) is 10.2. The molecule has 3 heterocycles. The summed E-state index contributed by atoms with van der Waals surface area (Å²) in [6, 6.07) is 9.22. The molecule has 0 amide bonds. The van der Waals surface area contributed by atoms with Crippen LogP contribution < -0.4 is 10.6 Å². The summed E-state index contributed by atoms with van der Waals surface area (Å²) in [7, 11) is -0.719. The highest BCUT2D eigenvalue weighted by Crippen LogP contribution is 2.33. The first-order valence-corrected chi connectivity index (χ1v) is 9.74. The Kier molecular flexibility index (Phi) is 4.19. The van der Waals surface area contributed by atoms with Crippen molar-refractivity contribution in [2.75, 3.05) is 29.5 Å². The number of nitrogens with zero attached hydrogens (tertiary/aromatic N) is 3. The van der Waals surface area contributed by atoms with Gasteiger partial charge >= 0.3 is 0 Å². The molecule has 0 atom stereocenters. The molecule has 0 unspecified atom stereocenters. The van der Waals surface area contributed by atoms with Crippen LogP contribution in [-0.4, -0.2) is 43.3 Å². The van der Waals surface area contributed by atoms with Gasteiger partial charge in [0.1, 0.15) is 17.2 Å². The molecule has 1 aromatic carbocycles. The summed E-state index contributed by atoms with van der Waals surface area (Å²) in [5.74, 6) is 2.57. The fourth-order valence-corrected chi connectivity index (χ4v) is 4.32. The summed E-state index contributed by atoms with van der Waals surface area (Å²) in [6.45, 7) is 1.88. The van der Waals surface area contributed by atoms with Gasteiger partial charge in [0, 0.05) is 59.3 Å². The molecule has 3 aromatic rings. The van der Waals surface area contributed by atoms with Crippen molar-refractivity contribution in [3.8, 4) is 16.9 Å². The predicted octanol–water partition coefficient (Wildman–Crippen LogP) is 1.73. The molecule has 6 nitrogen and oxygen atoms in total. The molecular formula is C18H20N4O2S. The van der Waals surface area contributed by atoms with Crippen molar-refractivity contribution >= 4 is 22.3 Å². The van der Waals surface area contributed by atoms with E-state index in [4.69, 9.17) is 5.73 Å². The van der Waals surface area contributed by atoms with Crippen molar-refractivity contribution in [2.24, 2.45) is 5.73 Å². The lowest BCUT2D eigenvalue weighted by molar-refractivity contribution is 0.477. The van der Waals surface area contributed by atoms with Gasteiger partial charge in [-0.05, 0) is 17.7 Å². The van der Waals surface area contributed by atoms with Crippen LogP contribution in [0, 0.1) is 0 Å². The molecule has 4 rings (SSSR count). The maximum atomic E-state index is 11.6. The van der Waals surface area contributed by atoms with E-state index in [0.29, 0.717) is 18.1 Å². The number of rotatable bonds is 3. The molecule has 0 spiro atoms. The molecule has 1 aliphatic heterocycles. The van der Waals surface area contributed by atoms with E-state index in [1.54, 1.807) is 12.1 Å². The van der Waals surface area contributed by atoms with Gasteiger partial charge in [0.2, 0.25) is 0 Å². The minimum Gasteiger partial charge on any atom is -0.507 e. The number of nitrogens with two attached hydrogens (primary N) is 1. The zero-order chi connectivity index (χ0) is 17.4. The lowest BCUT2D eigenvalue weighted by Crippen LogP contribution is -2.38. The molecule has 0 bridgehead atoms. The van der Waals surface area contributed by atoms with Crippen molar-refractivity contribution in [1.29, 1.82) is 0 Å². The molecule has 3 N–H and O–H groups in total. The van der Waals surface area contributed by atoms with Gasteiger partial charge < -0.3 is 15.7 Å². The molecule has 1 saturated heterocycles. The van der Waals surface area contributed by atoms with Gasteiger partial charge in [-0.1, -0.05) is 18.2 Å². The molecule has 7 heteroatoms. The summed E-state index contributed by atoms with van der Waals surface area (Å²) < 4.78 is 13.6. The Morgan fingerprint density at radius 3 is 2.68 bits per heavy atom. The first-order valence-electron chi connectivity index (χ1n) is 8.25. The van der Waals surface area contributed by atoms with Crippen molar-refractivity contribution in [1.82, 2.24) is 9.38 Å². The van der Waals surface area contributed by atoms with E-state index in [9.17, 15) is 9.32 Å². The van der Waals surface area contributed by atoms with Gasteiger partial charge in [-0.3, -0.25) is 8.61 Å². The van der Waals surface area contributed by atoms with Crippen LogP contribution >= 0.6 is 0 Å². The van der Waals surface area contributed by atoms with Crippen LogP contribution in [0.2, 0.25) is 0 Å². The highest BCUT2D eigenvalue weighted by atomic mass is 32.2. The van der Waals surface area contributed by atoms with Gasteiger partial charge in [-0.25, -0.2) is 4.98 Å². The van der Waals surface area contributed by atoms with Gasteiger partial charge in [0.25, 0.3) is 0 Å². The maximum Gasteiger partial charge on any atom is 0.138 e. The first kappa shape index (κ1) is 16.1. The Bertz CT molecular complexity index is 943. The average molecular weight is 356 g/mol. The second-order valence-electron chi connectivity index (χ2n) is 6.11. The van der Waals surface area contributed by atoms with Crippen LogP contribution in [0.15, 0.2) is 42.7 Å². The molecule has 25 heavy (non-hydrogen) atoms. The van der Waals surface area contributed by atoms with Crippen LogP contribution in [0.5, 0.6) is 5.75 Å². The van der Waals surface area contributed by atoms with E-state index in [1.807, 2.05) is 35.0 Å². The zero-order valence-corrected chi connectivity index (χ0v) is 14.6. The summed E-state index contributed by atoms with van der Waals surface area (Å²) in [4.78, 5) is 6.71. The number of benzene rings is 1. The number of fused-ring (bicyclic) bond motifs is 1. The lowest BCUT2D eigenvalue weighted by atomic mass is 10.0. The zero-order valence-electron chi connectivity index (χ0n) is 13.8. The molecule has 0 radical (unpaired) electrons. The van der Waals surface area contributed by atoms with E-state index in [-0.39, 0.29) is 5.75 Å². The summed E-state index contributed by atoms with van der Waals surface area (Å²) >= 11 is 0. The van der Waals surface area contributed by atoms with Crippen molar-refractivity contribution in [3.63, 3.8) is 0 Å². The van der Waals surface area contributed by atoms with E-state index in [1.165, 1.54) is 0 Å². The number of pyridine rings is 1. The fourth-order valence-electron chi connectivity index (χ4n) is 3.26. The monoisotopic (exact) mass is 356 g/mol. The highest BCUT2D eigenvalue weighted by Gasteiger charge is 2.20.